The summed E-state index contributed by atoms with van der Waals surface area (Å²) in [5.41, 5.74) is 0. The molecule has 0 spiro atoms. The number of carbonyl (C=O) groups excluding carboxylic acids is 1. The Morgan fingerprint density at radius 2 is 2.09 bits per heavy atom. The fraction of sp³-hybridized carbons (Fsp3) is 0.533. The second-order valence-corrected chi connectivity index (χ2v) is 5.17. The van der Waals surface area contributed by atoms with Crippen LogP contribution in [0.5, 0.6) is 11.5 Å². The lowest BCUT2D eigenvalue weighted by atomic mass is 10.1. The fourth-order valence-electron chi connectivity index (χ4n) is 2.35. The van der Waals surface area contributed by atoms with Gasteiger partial charge >= 0.3 is 12.3 Å². The number of ether oxygens (including phenoxy) is 3. The van der Waals surface area contributed by atoms with Gasteiger partial charge < -0.3 is 14.2 Å². The number of esters is 1. The summed E-state index contributed by atoms with van der Waals surface area (Å²) in [4.78, 5) is 11.9. The van der Waals surface area contributed by atoms with Crippen molar-refractivity contribution in [3.8, 4) is 11.5 Å². The van der Waals surface area contributed by atoms with Gasteiger partial charge in [-0.05, 0) is 31.4 Å². The minimum atomic E-state index is -5.00. The van der Waals surface area contributed by atoms with Crippen molar-refractivity contribution in [1.29, 1.82) is 0 Å². The number of rotatable bonds is 5. The molecule has 0 aromatic heterocycles. The van der Waals surface area contributed by atoms with E-state index in [0.717, 1.165) is 31.4 Å². The maximum atomic E-state index is 13.5. The summed E-state index contributed by atoms with van der Waals surface area (Å²) < 4.78 is 63.6. The summed E-state index contributed by atoms with van der Waals surface area (Å²) in [6.45, 7) is 2.00. The molecule has 0 aliphatic carbocycles. The third-order valence-corrected chi connectivity index (χ3v) is 3.33. The molecule has 128 valence electrons. The van der Waals surface area contributed by atoms with Crippen LogP contribution in [0.2, 0.25) is 0 Å². The molecule has 1 aliphatic rings. The summed E-state index contributed by atoms with van der Waals surface area (Å²) in [5.74, 6) is -3.15. The normalized spacial score (nSPS) is 21.3. The van der Waals surface area contributed by atoms with Gasteiger partial charge in [-0.1, -0.05) is 13.3 Å². The van der Waals surface area contributed by atoms with Gasteiger partial charge in [0.2, 0.25) is 0 Å². The van der Waals surface area contributed by atoms with Crippen LogP contribution in [0.25, 0.3) is 0 Å². The van der Waals surface area contributed by atoms with Crippen LogP contribution in [0.4, 0.5) is 17.6 Å². The largest absolute Gasteiger partial charge is 0.573 e. The maximum Gasteiger partial charge on any atom is 0.573 e. The van der Waals surface area contributed by atoms with Gasteiger partial charge in [-0.3, -0.25) is 0 Å². The summed E-state index contributed by atoms with van der Waals surface area (Å²) >= 11 is 0. The first kappa shape index (κ1) is 17.5. The van der Waals surface area contributed by atoms with E-state index >= 15 is 0 Å². The first-order valence-electron chi connectivity index (χ1n) is 7.21. The predicted molar refractivity (Wildman–Crippen MR) is 71.5 cm³/mol. The van der Waals surface area contributed by atoms with Crippen molar-refractivity contribution in [1.82, 2.24) is 0 Å². The average molecular weight is 336 g/mol. The summed E-state index contributed by atoms with van der Waals surface area (Å²) in [6.07, 6.45) is -2.73. The second-order valence-electron chi connectivity index (χ2n) is 5.17. The number of benzene rings is 1. The Balaban J connectivity index is 1.95. The lowest BCUT2D eigenvalue weighted by molar-refractivity contribution is -0.275. The van der Waals surface area contributed by atoms with Crippen molar-refractivity contribution in [2.75, 3.05) is 0 Å². The van der Waals surface area contributed by atoms with Crippen LogP contribution in [0, 0.1) is 5.82 Å². The Kier molecular flexibility index (Phi) is 5.46. The van der Waals surface area contributed by atoms with Crippen molar-refractivity contribution >= 4 is 5.97 Å². The smallest absolute Gasteiger partial charge is 0.425 e. The first-order chi connectivity index (χ1) is 10.8. The molecule has 2 rings (SSSR count). The van der Waals surface area contributed by atoms with Crippen LogP contribution >= 0.6 is 0 Å². The molecule has 0 bridgehead atoms. The minimum Gasteiger partial charge on any atom is -0.425 e. The van der Waals surface area contributed by atoms with E-state index in [2.05, 4.69) is 4.74 Å². The Morgan fingerprint density at radius 1 is 1.35 bits per heavy atom. The number of halogens is 4. The van der Waals surface area contributed by atoms with Crippen LogP contribution in [0.1, 0.15) is 32.6 Å². The van der Waals surface area contributed by atoms with Crippen molar-refractivity contribution in [2.45, 2.75) is 51.2 Å². The molecule has 0 N–H and O–H groups in total. The average Bonchev–Trinajstić information content (AvgIpc) is 2.90. The van der Waals surface area contributed by atoms with Gasteiger partial charge in [-0.2, -0.15) is 0 Å². The highest BCUT2D eigenvalue weighted by atomic mass is 19.4. The molecule has 1 aliphatic heterocycles. The Morgan fingerprint density at radius 3 is 2.70 bits per heavy atom. The Hall–Kier alpha value is -1.83. The van der Waals surface area contributed by atoms with E-state index in [0.29, 0.717) is 12.5 Å². The number of hydrogen-bond acceptors (Lipinski definition) is 4. The zero-order chi connectivity index (χ0) is 17.0. The SMILES string of the molecule is CCCC1CCC(C(=O)Oc2ccc(OC(F)(F)F)c(F)c2)O1. The minimum absolute atomic E-state index is 0.00292. The van der Waals surface area contributed by atoms with Gasteiger partial charge in [-0.25, -0.2) is 9.18 Å². The molecule has 2 atom stereocenters. The van der Waals surface area contributed by atoms with Crippen LogP contribution in [0.15, 0.2) is 18.2 Å². The Labute approximate surface area is 130 Å². The van der Waals surface area contributed by atoms with Gasteiger partial charge in [-0.15, -0.1) is 13.2 Å². The van der Waals surface area contributed by atoms with E-state index in [9.17, 15) is 22.4 Å². The first-order valence-corrected chi connectivity index (χ1v) is 7.21. The monoisotopic (exact) mass is 336 g/mol. The molecule has 8 heteroatoms. The molecular formula is C15H16F4O4. The molecule has 0 amide bonds. The fourth-order valence-corrected chi connectivity index (χ4v) is 2.35. The lowest BCUT2D eigenvalue weighted by Crippen LogP contribution is -2.26. The molecule has 1 aromatic rings. The van der Waals surface area contributed by atoms with Crippen molar-refractivity contribution in [3.05, 3.63) is 24.0 Å². The summed E-state index contributed by atoms with van der Waals surface area (Å²) in [6, 6.07) is 2.44. The molecule has 23 heavy (non-hydrogen) atoms. The van der Waals surface area contributed by atoms with E-state index in [1.54, 1.807) is 0 Å². The van der Waals surface area contributed by atoms with E-state index < -0.39 is 30.0 Å². The van der Waals surface area contributed by atoms with Crippen LogP contribution < -0.4 is 9.47 Å². The summed E-state index contributed by atoms with van der Waals surface area (Å²) in [5, 5.41) is 0. The molecule has 1 fully saturated rings. The predicted octanol–water partition coefficient (Wildman–Crippen LogP) is 3.98. The van der Waals surface area contributed by atoms with Gasteiger partial charge in [0.25, 0.3) is 0 Å². The molecule has 1 aromatic carbocycles. The molecular weight excluding hydrogens is 320 g/mol. The van der Waals surface area contributed by atoms with E-state index in [-0.39, 0.29) is 11.9 Å². The van der Waals surface area contributed by atoms with Gasteiger partial charge in [0.05, 0.1) is 6.10 Å². The molecule has 4 nitrogen and oxygen atoms in total. The van der Waals surface area contributed by atoms with Crippen molar-refractivity contribution < 1.29 is 36.6 Å². The molecule has 1 saturated heterocycles. The van der Waals surface area contributed by atoms with Crippen LogP contribution in [-0.2, 0) is 9.53 Å². The number of carbonyl (C=O) groups is 1. The van der Waals surface area contributed by atoms with E-state index in [1.807, 2.05) is 6.92 Å². The van der Waals surface area contributed by atoms with Gasteiger partial charge in [0.15, 0.2) is 17.7 Å². The number of hydrogen-bond donors (Lipinski definition) is 0. The Bertz CT molecular complexity index is 559. The van der Waals surface area contributed by atoms with Crippen LogP contribution in [-0.4, -0.2) is 24.5 Å². The van der Waals surface area contributed by atoms with Gasteiger partial charge in [0, 0.05) is 6.07 Å². The van der Waals surface area contributed by atoms with Gasteiger partial charge in [0.1, 0.15) is 5.75 Å². The maximum absolute atomic E-state index is 13.5. The van der Waals surface area contributed by atoms with Crippen molar-refractivity contribution in [2.24, 2.45) is 0 Å². The highest BCUT2D eigenvalue weighted by molar-refractivity contribution is 5.77. The quantitative estimate of drug-likeness (QED) is 0.463. The van der Waals surface area contributed by atoms with E-state index in [1.165, 1.54) is 0 Å². The topological polar surface area (TPSA) is 44.8 Å². The zero-order valence-corrected chi connectivity index (χ0v) is 12.4. The number of alkyl halides is 3. The molecule has 1 heterocycles. The molecule has 2 unspecified atom stereocenters. The van der Waals surface area contributed by atoms with Crippen LogP contribution in [0.3, 0.4) is 0 Å². The highest BCUT2D eigenvalue weighted by Gasteiger charge is 2.33. The highest BCUT2D eigenvalue weighted by Crippen LogP contribution is 2.29. The third kappa shape index (κ3) is 5.09. The zero-order valence-electron chi connectivity index (χ0n) is 12.4. The third-order valence-electron chi connectivity index (χ3n) is 3.33. The van der Waals surface area contributed by atoms with E-state index in [4.69, 9.17) is 9.47 Å². The second kappa shape index (κ2) is 7.16. The summed E-state index contributed by atoms with van der Waals surface area (Å²) in [7, 11) is 0. The standard InChI is InChI=1S/C15H16F4O4/c1-2-3-9-4-7-13(21-9)14(20)22-10-5-6-12(11(16)8-10)23-15(17,18)19/h5-6,8-9,13H,2-4,7H2,1H3. The lowest BCUT2D eigenvalue weighted by Gasteiger charge is -2.13. The van der Waals surface area contributed by atoms with Crippen molar-refractivity contribution in [3.63, 3.8) is 0 Å². The molecule has 0 radical (unpaired) electrons. The molecule has 0 saturated carbocycles.